The Balaban J connectivity index is 1.60. The van der Waals surface area contributed by atoms with E-state index in [4.69, 9.17) is 4.74 Å². The highest BCUT2D eigenvalue weighted by Crippen LogP contribution is 2.39. The highest BCUT2D eigenvalue weighted by molar-refractivity contribution is 6.04. The lowest BCUT2D eigenvalue weighted by Gasteiger charge is -2.10. The van der Waals surface area contributed by atoms with E-state index in [1.807, 2.05) is 24.3 Å². The number of aromatic nitrogens is 2. The van der Waals surface area contributed by atoms with E-state index in [2.05, 4.69) is 20.3 Å². The van der Waals surface area contributed by atoms with Gasteiger partial charge in [0, 0.05) is 16.6 Å². The van der Waals surface area contributed by atoms with Crippen molar-refractivity contribution in [3.05, 3.63) is 48.5 Å². The average Bonchev–Trinajstić information content (AvgIpc) is 3.14. The van der Waals surface area contributed by atoms with Gasteiger partial charge in [-0.25, -0.2) is 0 Å². The maximum absolute atomic E-state index is 12.2. The molecular weight excluding hydrogens is 347 g/mol. The first-order valence-electron chi connectivity index (χ1n) is 7.72. The Morgan fingerprint density at radius 1 is 0.923 bits per heavy atom. The molecule has 5 nitrogen and oxygen atoms in total. The topological polar surface area (TPSA) is 62.1 Å². The molecule has 2 aromatic rings. The minimum atomic E-state index is -4.70. The smallest absolute Gasteiger partial charge is 0.497 e. The lowest BCUT2D eigenvalue weighted by atomic mass is 10.2. The van der Waals surface area contributed by atoms with Gasteiger partial charge in [-0.2, -0.15) is 0 Å². The van der Waals surface area contributed by atoms with Crippen LogP contribution in [0.25, 0.3) is 22.0 Å². The van der Waals surface area contributed by atoms with Gasteiger partial charge in [-0.05, 0) is 53.9 Å². The largest absolute Gasteiger partial charge is 0.573 e. The third-order valence-corrected chi connectivity index (χ3v) is 4.04. The number of benzene rings is 2. The molecule has 0 amide bonds. The molecule has 2 aromatic carbocycles. The fourth-order valence-corrected chi connectivity index (χ4v) is 2.89. The fourth-order valence-electron chi connectivity index (χ4n) is 2.89. The maximum Gasteiger partial charge on any atom is 0.573 e. The molecule has 1 heterocycles. The molecule has 0 saturated heterocycles. The molecule has 2 aliphatic rings. The number of aromatic amines is 2. The Labute approximate surface area is 146 Å². The molecule has 0 spiro atoms. The van der Waals surface area contributed by atoms with Crippen LogP contribution in [0.2, 0.25) is 0 Å². The van der Waals surface area contributed by atoms with Gasteiger partial charge in [0.1, 0.15) is 17.3 Å². The molecule has 3 N–H and O–H groups in total. The second-order valence-electron chi connectivity index (χ2n) is 5.71. The van der Waals surface area contributed by atoms with E-state index in [0.29, 0.717) is 11.5 Å². The van der Waals surface area contributed by atoms with E-state index in [1.54, 1.807) is 7.11 Å². The van der Waals surface area contributed by atoms with E-state index in [-0.39, 0.29) is 5.75 Å². The number of halogens is 3. The molecule has 1 aliphatic carbocycles. The van der Waals surface area contributed by atoms with Gasteiger partial charge < -0.3 is 14.8 Å². The summed E-state index contributed by atoms with van der Waals surface area (Å²) >= 11 is 0. The fraction of sp³-hybridized carbons (Fsp3) is 0.111. The highest BCUT2D eigenvalue weighted by atomic mass is 19.4. The number of methoxy groups -OCH3 is 1. The van der Waals surface area contributed by atoms with Crippen molar-refractivity contribution in [1.29, 1.82) is 0 Å². The Morgan fingerprint density at radius 2 is 1.65 bits per heavy atom. The lowest BCUT2D eigenvalue weighted by Crippen LogP contribution is -2.16. The predicted octanol–water partition coefficient (Wildman–Crippen LogP) is 5.25. The Kier molecular flexibility index (Phi) is 3.68. The summed E-state index contributed by atoms with van der Waals surface area (Å²) in [6, 6.07) is 13.3. The zero-order valence-corrected chi connectivity index (χ0v) is 13.6. The highest BCUT2D eigenvalue weighted by Gasteiger charge is 2.31. The summed E-state index contributed by atoms with van der Waals surface area (Å²) in [5.41, 5.74) is 2.49. The molecule has 4 rings (SSSR count). The van der Waals surface area contributed by atoms with Crippen LogP contribution in [0.1, 0.15) is 0 Å². The van der Waals surface area contributed by atoms with Crippen molar-refractivity contribution in [2.24, 2.45) is 0 Å². The number of fused-ring (bicyclic) bond motifs is 3. The first kappa shape index (κ1) is 16.2. The van der Waals surface area contributed by atoms with Gasteiger partial charge in [0.15, 0.2) is 0 Å². The molecule has 0 fully saturated rings. The van der Waals surface area contributed by atoms with Crippen LogP contribution in [0.15, 0.2) is 48.5 Å². The van der Waals surface area contributed by atoms with Gasteiger partial charge in [-0.1, -0.05) is 0 Å². The van der Waals surface area contributed by atoms with E-state index in [9.17, 15) is 13.2 Å². The molecule has 0 atom stereocenters. The number of alkyl halides is 3. The zero-order valence-electron chi connectivity index (χ0n) is 13.6. The molecule has 8 heteroatoms. The van der Waals surface area contributed by atoms with Crippen molar-refractivity contribution in [3.63, 3.8) is 0 Å². The maximum atomic E-state index is 12.2. The molecule has 1 aliphatic heterocycles. The van der Waals surface area contributed by atoms with Crippen LogP contribution in [-0.2, 0) is 0 Å². The standard InChI is InChI=1S/C18H14F3N3O2/c1-25-13-6-7-14-10(8-13)9-15-16(14)23-24-17(15)22-11-2-4-12(5-3-11)26-18(19,20)21/h2-9,22-24H,1H3. The summed E-state index contributed by atoms with van der Waals surface area (Å²) in [5, 5.41) is 11.4. The van der Waals surface area contributed by atoms with Crippen molar-refractivity contribution in [3.8, 4) is 22.8 Å². The van der Waals surface area contributed by atoms with Crippen LogP contribution in [0, 0.1) is 0 Å². The first-order valence-corrected chi connectivity index (χ1v) is 7.72. The number of hydrogen-bond acceptors (Lipinski definition) is 3. The van der Waals surface area contributed by atoms with Gasteiger partial charge in [0.2, 0.25) is 0 Å². The predicted molar refractivity (Wildman–Crippen MR) is 92.2 cm³/mol. The summed E-state index contributed by atoms with van der Waals surface area (Å²) in [5.74, 6) is 1.21. The Hall–Kier alpha value is -3.29. The molecule has 0 aromatic heterocycles. The van der Waals surface area contributed by atoms with Crippen LogP contribution in [0.3, 0.4) is 0 Å². The van der Waals surface area contributed by atoms with E-state index in [0.717, 1.165) is 27.8 Å². The number of nitrogens with one attached hydrogen (secondary N) is 3. The van der Waals surface area contributed by atoms with Crippen LogP contribution in [0.5, 0.6) is 11.5 Å². The van der Waals surface area contributed by atoms with Gasteiger partial charge in [-0.15, -0.1) is 13.2 Å². The average molecular weight is 361 g/mol. The summed E-state index contributed by atoms with van der Waals surface area (Å²) in [7, 11) is 1.61. The van der Waals surface area contributed by atoms with Crippen molar-refractivity contribution in [2.75, 3.05) is 12.4 Å². The number of anilines is 2. The van der Waals surface area contributed by atoms with Gasteiger partial charge >= 0.3 is 6.36 Å². The van der Waals surface area contributed by atoms with Crippen LogP contribution < -0.4 is 14.8 Å². The minimum Gasteiger partial charge on any atom is -0.497 e. The number of ether oxygens (including phenoxy) is 2. The summed E-state index contributed by atoms with van der Waals surface area (Å²) in [6.45, 7) is 0. The second-order valence-corrected chi connectivity index (χ2v) is 5.71. The third-order valence-electron chi connectivity index (χ3n) is 4.04. The molecule has 0 bridgehead atoms. The SMILES string of the molecule is COc1ccc2c3[nH][nH]c(Nc4ccc(OC(F)(F)F)cc4)c-3cc2c1. The summed E-state index contributed by atoms with van der Waals surface area (Å²) < 4.78 is 45.8. The number of hydrogen-bond donors (Lipinski definition) is 3. The van der Waals surface area contributed by atoms with E-state index >= 15 is 0 Å². The zero-order chi connectivity index (χ0) is 18.3. The van der Waals surface area contributed by atoms with Crippen molar-refractivity contribution in [1.82, 2.24) is 10.2 Å². The van der Waals surface area contributed by atoms with Gasteiger partial charge in [-0.3, -0.25) is 10.2 Å². The van der Waals surface area contributed by atoms with E-state index in [1.165, 1.54) is 24.3 Å². The molecule has 134 valence electrons. The van der Waals surface area contributed by atoms with Crippen molar-refractivity contribution >= 4 is 22.3 Å². The van der Waals surface area contributed by atoms with Crippen LogP contribution >= 0.6 is 0 Å². The summed E-state index contributed by atoms with van der Waals surface area (Å²) in [6.07, 6.45) is -4.70. The van der Waals surface area contributed by atoms with Crippen LogP contribution in [-0.4, -0.2) is 23.7 Å². The van der Waals surface area contributed by atoms with Crippen molar-refractivity contribution < 1.29 is 22.6 Å². The Morgan fingerprint density at radius 3 is 2.35 bits per heavy atom. The number of H-pyrrole nitrogens is 2. The van der Waals surface area contributed by atoms with E-state index < -0.39 is 6.36 Å². The lowest BCUT2D eigenvalue weighted by molar-refractivity contribution is -0.274. The van der Waals surface area contributed by atoms with Crippen LogP contribution in [0.4, 0.5) is 24.7 Å². The third kappa shape index (κ3) is 3.01. The normalized spacial score (nSPS) is 11.8. The minimum absolute atomic E-state index is 0.266. The molecule has 0 radical (unpaired) electrons. The van der Waals surface area contributed by atoms with Gasteiger partial charge in [0.05, 0.1) is 12.8 Å². The molecular formula is C18H14F3N3O2. The second kappa shape index (κ2) is 5.91. The Bertz CT molecular complexity index is 1020. The monoisotopic (exact) mass is 361 g/mol. The molecule has 0 unspecified atom stereocenters. The van der Waals surface area contributed by atoms with Gasteiger partial charge in [0.25, 0.3) is 0 Å². The quantitative estimate of drug-likeness (QED) is 0.465. The molecule has 0 saturated carbocycles. The summed E-state index contributed by atoms with van der Waals surface area (Å²) in [4.78, 5) is 0. The van der Waals surface area contributed by atoms with Crippen molar-refractivity contribution in [2.45, 2.75) is 6.36 Å². The first-order chi connectivity index (χ1) is 12.4. The molecule has 26 heavy (non-hydrogen) atoms. The number of rotatable bonds is 4.